The molecule has 1 aliphatic rings. The van der Waals surface area contributed by atoms with Crippen molar-refractivity contribution in [2.45, 2.75) is 122 Å². The van der Waals surface area contributed by atoms with Gasteiger partial charge in [0.25, 0.3) is 0 Å². The molecule has 4 aromatic carbocycles. The summed E-state index contributed by atoms with van der Waals surface area (Å²) in [4.78, 5) is 112. The number of hydrogen-bond donors (Lipinski definition) is 9. The zero-order valence-electron chi connectivity index (χ0n) is 43.2. The Labute approximate surface area is 436 Å². The number of hydrogen-bond acceptors (Lipinski definition) is 9. The maximum Gasteiger partial charge on any atom is 0.407 e. The van der Waals surface area contributed by atoms with Gasteiger partial charge in [-0.15, -0.1) is 0 Å². The third kappa shape index (κ3) is 14.8. The summed E-state index contributed by atoms with van der Waals surface area (Å²) in [5.74, 6) is -8.47. The molecule has 0 spiro atoms. The molecular formula is C57H69N7O11. The minimum absolute atomic E-state index is 0.0146. The highest BCUT2D eigenvalue weighted by Gasteiger charge is 2.38. The van der Waals surface area contributed by atoms with E-state index < -0.39 is 102 Å². The van der Waals surface area contributed by atoms with Gasteiger partial charge in [-0.25, -0.2) is 9.59 Å². The minimum atomic E-state index is -1.74. The molecule has 1 aliphatic carbocycles. The molecule has 5 aromatic rings. The van der Waals surface area contributed by atoms with Gasteiger partial charge in [0.1, 0.15) is 42.9 Å². The number of carbonyl (C=O) groups excluding carboxylic acids is 6. The molecule has 1 heterocycles. The second-order valence-electron chi connectivity index (χ2n) is 19.8. The number of aromatic amines is 1. The monoisotopic (exact) mass is 1030 g/mol. The molecule has 18 nitrogen and oxygen atoms in total. The van der Waals surface area contributed by atoms with Crippen LogP contribution in [0.3, 0.4) is 0 Å². The van der Waals surface area contributed by atoms with Gasteiger partial charge in [-0.2, -0.15) is 0 Å². The number of ether oxygens (including phenoxy) is 1. The van der Waals surface area contributed by atoms with Crippen LogP contribution in [0.5, 0.6) is 0 Å². The largest absolute Gasteiger partial charge is 0.481 e. The van der Waals surface area contributed by atoms with Gasteiger partial charge in [-0.1, -0.05) is 151 Å². The number of benzene rings is 4. The average molecular weight is 1030 g/mol. The van der Waals surface area contributed by atoms with Crippen LogP contribution in [0, 0.1) is 17.8 Å². The van der Waals surface area contributed by atoms with Crippen LogP contribution in [0.1, 0.15) is 95.4 Å². The van der Waals surface area contributed by atoms with Crippen LogP contribution < -0.4 is 31.9 Å². The number of para-hydroxylation sites is 1. The van der Waals surface area contributed by atoms with Gasteiger partial charge in [-0.05, 0) is 63.6 Å². The molecule has 6 amide bonds. The number of rotatable bonds is 26. The van der Waals surface area contributed by atoms with Crippen molar-refractivity contribution in [3.05, 3.63) is 132 Å². The molecule has 0 bridgehead atoms. The predicted molar refractivity (Wildman–Crippen MR) is 282 cm³/mol. The van der Waals surface area contributed by atoms with Crippen molar-refractivity contribution in [1.82, 2.24) is 36.9 Å². The fourth-order valence-corrected chi connectivity index (χ4v) is 9.36. The summed E-state index contributed by atoms with van der Waals surface area (Å²) in [5, 5.41) is 36.8. The van der Waals surface area contributed by atoms with Gasteiger partial charge < -0.3 is 51.8 Å². The number of aliphatic carboxylic acids is 2. The molecule has 18 heteroatoms. The van der Waals surface area contributed by atoms with Gasteiger partial charge in [0, 0.05) is 35.9 Å². The van der Waals surface area contributed by atoms with E-state index in [4.69, 9.17) is 4.74 Å². The SMILES string of the molecule is CCC(C)C(NC(=O)C(CC(=O)O)NC(=O)C(CC(C)C)NC(=O)C(Cc1ccccc1)NC(=O)OCC1c2ccccc2-c2ccccc21)C(=O)NC(C(=O)NC(Cc1c[nH]c2ccccc12)C(=O)O)C(C)CC. The Bertz CT molecular complexity index is 2790. The molecular weight excluding hydrogens is 959 g/mol. The Morgan fingerprint density at radius 2 is 1.07 bits per heavy atom. The Morgan fingerprint density at radius 1 is 0.560 bits per heavy atom. The lowest BCUT2D eigenvalue weighted by Crippen LogP contribution is -2.61. The Morgan fingerprint density at radius 3 is 1.65 bits per heavy atom. The first-order valence-electron chi connectivity index (χ1n) is 25.6. The van der Waals surface area contributed by atoms with Crippen molar-refractivity contribution in [1.29, 1.82) is 0 Å². The fourth-order valence-electron chi connectivity index (χ4n) is 9.36. The number of alkyl carbamates (subject to hydrolysis) is 1. The van der Waals surface area contributed by atoms with Crippen molar-refractivity contribution in [2.75, 3.05) is 6.61 Å². The number of fused-ring (bicyclic) bond motifs is 4. The summed E-state index contributed by atoms with van der Waals surface area (Å²) in [6.45, 7) is 10.5. The first kappa shape index (κ1) is 56.3. The molecule has 8 atom stereocenters. The molecule has 0 aliphatic heterocycles. The molecule has 0 saturated heterocycles. The molecule has 0 radical (unpaired) electrons. The Balaban J connectivity index is 1.15. The van der Waals surface area contributed by atoms with Gasteiger partial charge in [0.15, 0.2) is 0 Å². The standard InChI is InChI=1S/C57H69N7O11/c1-7-33(5)49(54(70)61-47(56(72)73)28-36-30-58-43-25-17-16-20-37(36)43)64-55(71)50(34(6)8-2)63-53(69)46(29-48(65)66)60-51(67)44(26-32(3)4)59-52(68)45(27-35-18-10-9-11-19-35)62-57(74)75-31-42-40-23-14-12-21-38(40)39-22-13-15-24-41(39)42/h9-25,30,32-34,42,44-47,49-50,58H,7-8,26-29,31H2,1-6H3,(H,59,68)(H,60,67)(H,61,70)(H,62,74)(H,63,69)(H,64,71)(H,65,66)(H,72,73). The third-order valence-electron chi connectivity index (χ3n) is 13.9. The molecule has 75 heavy (non-hydrogen) atoms. The zero-order valence-corrected chi connectivity index (χ0v) is 43.2. The summed E-state index contributed by atoms with van der Waals surface area (Å²) in [5.41, 5.74) is 6.25. The van der Waals surface area contributed by atoms with Crippen molar-refractivity contribution in [3.63, 3.8) is 0 Å². The van der Waals surface area contributed by atoms with Crippen molar-refractivity contribution in [2.24, 2.45) is 17.8 Å². The van der Waals surface area contributed by atoms with Crippen LogP contribution in [0.15, 0.2) is 109 Å². The summed E-state index contributed by atoms with van der Waals surface area (Å²) in [7, 11) is 0. The van der Waals surface area contributed by atoms with E-state index in [0.29, 0.717) is 24.0 Å². The van der Waals surface area contributed by atoms with E-state index in [-0.39, 0.29) is 37.7 Å². The molecule has 0 fully saturated rings. The van der Waals surface area contributed by atoms with Crippen LogP contribution in [0.2, 0.25) is 0 Å². The van der Waals surface area contributed by atoms with Crippen LogP contribution >= 0.6 is 0 Å². The zero-order chi connectivity index (χ0) is 54.3. The van der Waals surface area contributed by atoms with Crippen molar-refractivity contribution >= 4 is 58.5 Å². The quantitative estimate of drug-likeness (QED) is 0.0311. The minimum Gasteiger partial charge on any atom is -0.481 e. The second kappa shape index (κ2) is 26.3. The van der Waals surface area contributed by atoms with E-state index in [1.54, 1.807) is 78.1 Å². The molecule has 9 N–H and O–H groups in total. The topological polar surface area (TPSA) is 274 Å². The normalized spacial score (nSPS) is 15.1. The van der Waals surface area contributed by atoms with Gasteiger partial charge in [-0.3, -0.25) is 28.8 Å². The number of aromatic nitrogens is 1. The van der Waals surface area contributed by atoms with Crippen LogP contribution in [0.4, 0.5) is 4.79 Å². The summed E-state index contributed by atoms with van der Waals surface area (Å²) >= 11 is 0. The van der Waals surface area contributed by atoms with Crippen molar-refractivity contribution < 1.29 is 53.3 Å². The lowest BCUT2D eigenvalue weighted by molar-refractivity contribution is -0.142. The number of amides is 6. The molecule has 1 aromatic heterocycles. The van der Waals surface area contributed by atoms with Crippen LogP contribution in [0.25, 0.3) is 22.0 Å². The van der Waals surface area contributed by atoms with E-state index in [0.717, 1.165) is 33.2 Å². The predicted octanol–water partition coefficient (Wildman–Crippen LogP) is 5.98. The average Bonchev–Trinajstić information content (AvgIpc) is 3.95. The summed E-state index contributed by atoms with van der Waals surface area (Å²) < 4.78 is 5.79. The number of carboxylic acids is 2. The number of H-pyrrole nitrogens is 1. The van der Waals surface area contributed by atoms with Crippen LogP contribution in [-0.4, -0.2) is 106 Å². The maximum atomic E-state index is 14.3. The lowest BCUT2D eigenvalue weighted by Gasteiger charge is -2.30. The van der Waals surface area contributed by atoms with Gasteiger partial charge in [0.2, 0.25) is 29.5 Å². The molecule has 6 rings (SSSR count). The highest BCUT2D eigenvalue weighted by Crippen LogP contribution is 2.44. The van der Waals surface area contributed by atoms with Gasteiger partial charge >= 0.3 is 18.0 Å². The highest BCUT2D eigenvalue weighted by molar-refractivity contribution is 5.98. The Kier molecular flexibility index (Phi) is 19.7. The van der Waals surface area contributed by atoms with E-state index in [2.05, 4.69) is 36.9 Å². The van der Waals surface area contributed by atoms with Crippen molar-refractivity contribution in [3.8, 4) is 11.1 Å². The molecule has 398 valence electrons. The first-order chi connectivity index (χ1) is 35.9. The van der Waals surface area contributed by atoms with Crippen LogP contribution in [-0.2, 0) is 51.1 Å². The van der Waals surface area contributed by atoms with E-state index in [1.807, 2.05) is 72.8 Å². The van der Waals surface area contributed by atoms with E-state index >= 15 is 0 Å². The summed E-state index contributed by atoms with van der Waals surface area (Å²) in [6.07, 6.45) is 0.665. The molecule has 8 unspecified atom stereocenters. The Hall–Kier alpha value is -8.02. The fraction of sp³-hybridized carbons (Fsp3) is 0.404. The third-order valence-corrected chi connectivity index (χ3v) is 13.9. The first-order valence-corrected chi connectivity index (χ1v) is 25.6. The van der Waals surface area contributed by atoms with Gasteiger partial charge in [0.05, 0.1) is 6.42 Å². The van der Waals surface area contributed by atoms with E-state index in [9.17, 15) is 48.6 Å². The number of carboxylic acid groups (broad SMARTS) is 2. The lowest BCUT2D eigenvalue weighted by atomic mass is 9.94. The number of carbonyl (C=O) groups is 8. The molecule has 0 saturated carbocycles. The highest BCUT2D eigenvalue weighted by atomic mass is 16.5. The second-order valence-corrected chi connectivity index (χ2v) is 19.8. The smallest absolute Gasteiger partial charge is 0.407 e. The maximum absolute atomic E-state index is 14.3. The number of nitrogens with one attached hydrogen (secondary N) is 7. The van der Waals surface area contributed by atoms with E-state index in [1.165, 1.54) is 0 Å². The summed E-state index contributed by atoms with van der Waals surface area (Å²) in [6, 6.07) is 23.7.